The van der Waals surface area contributed by atoms with Crippen molar-refractivity contribution in [1.82, 2.24) is 20.2 Å². The number of hydroxylamine groups is 2. The van der Waals surface area contributed by atoms with Gasteiger partial charge in [0.1, 0.15) is 11.8 Å². The molecule has 0 unspecified atom stereocenters. The first-order valence-corrected chi connectivity index (χ1v) is 16.9. The molecule has 1 amide bonds. The van der Waals surface area contributed by atoms with E-state index in [9.17, 15) is 9.90 Å². The molecule has 0 spiro atoms. The van der Waals surface area contributed by atoms with Crippen molar-refractivity contribution in [2.24, 2.45) is 29.1 Å². The van der Waals surface area contributed by atoms with Gasteiger partial charge in [0.2, 0.25) is 5.91 Å². The molecule has 7 heteroatoms. The molecule has 44 heavy (non-hydrogen) atoms. The SMILES string of the molecule is CC(C)C[C@@H](CN(C)C)N(Cc1cccc(CN2OCC[C@H]2C(=O)N[C@H]2C[C@H]3C[C@@H]([C@@H]2C)C3(C)C)c1)Cc1ccccc1O. The topological polar surface area (TPSA) is 68.3 Å². The fraction of sp³-hybridized carbons (Fsp3) is 0.649. The first kappa shape index (κ1) is 32.9. The van der Waals surface area contributed by atoms with Gasteiger partial charge in [-0.05, 0) is 86.1 Å². The van der Waals surface area contributed by atoms with Crippen LogP contribution in [0.1, 0.15) is 77.0 Å². The van der Waals surface area contributed by atoms with Crippen molar-refractivity contribution >= 4 is 5.91 Å². The van der Waals surface area contributed by atoms with E-state index < -0.39 is 0 Å². The normalized spacial score (nSPS) is 27.1. The number of nitrogens with zero attached hydrogens (tertiary/aromatic N) is 3. The van der Waals surface area contributed by atoms with Crippen LogP contribution in [0.15, 0.2) is 48.5 Å². The van der Waals surface area contributed by atoms with Crippen LogP contribution in [-0.2, 0) is 29.3 Å². The summed E-state index contributed by atoms with van der Waals surface area (Å²) in [5.41, 5.74) is 3.73. The van der Waals surface area contributed by atoms with E-state index in [0.29, 0.717) is 54.7 Å². The monoisotopic (exact) mass is 604 g/mol. The maximum Gasteiger partial charge on any atom is 0.240 e. The number of amides is 1. The van der Waals surface area contributed by atoms with Crippen molar-refractivity contribution in [2.75, 3.05) is 27.2 Å². The zero-order chi connectivity index (χ0) is 31.6. The third-order valence-electron chi connectivity index (χ3n) is 10.9. The van der Waals surface area contributed by atoms with Crippen LogP contribution in [0.4, 0.5) is 0 Å². The standard InChI is InChI=1S/C37H56N4O3/c1-25(2)17-31(24-39(6)7)40(23-29-13-8-9-14-35(29)42)21-27-11-10-12-28(18-27)22-41-34(15-16-44-41)36(43)38-33-20-30-19-32(26(33)3)37(30,4)5/h8-14,18,25-26,30-34,42H,15-17,19-24H2,1-7H3,(H,38,43)/t26-,30+,31-,32-,33-,34-/m0/s1. The van der Waals surface area contributed by atoms with Crippen LogP contribution in [0.5, 0.6) is 5.75 Å². The van der Waals surface area contributed by atoms with Crippen LogP contribution in [0.2, 0.25) is 0 Å². The third-order valence-corrected chi connectivity index (χ3v) is 10.9. The molecule has 2 N–H and O–H groups in total. The first-order valence-electron chi connectivity index (χ1n) is 16.9. The molecule has 1 aliphatic heterocycles. The number of aromatic hydroxyl groups is 1. The number of carbonyl (C=O) groups excluding carboxylic acids is 1. The van der Waals surface area contributed by atoms with Crippen LogP contribution < -0.4 is 5.32 Å². The molecule has 6 atom stereocenters. The van der Waals surface area contributed by atoms with Gasteiger partial charge in [0, 0.05) is 43.8 Å². The molecule has 2 aromatic carbocycles. The molecular weight excluding hydrogens is 548 g/mol. The van der Waals surface area contributed by atoms with Gasteiger partial charge in [0.05, 0.1) is 6.61 Å². The number of hydrogen-bond acceptors (Lipinski definition) is 6. The highest BCUT2D eigenvalue weighted by atomic mass is 16.7. The van der Waals surface area contributed by atoms with Crippen molar-refractivity contribution in [3.8, 4) is 5.75 Å². The molecule has 0 aromatic heterocycles. The fourth-order valence-electron chi connectivity index (χ4n) is 8.28. The van der Waals surface area contributed by atoms with Gasteiger partial charge in [-0.15, -0.1) is 0 Å². The number of phenolic OH excluding ortho intramolecular Hbond substituents is 1. The van der Waals surface area contributed by atoms with Gasteiger partial charge >= 0.3 is 0 Å². The van der Waals surface area contributed by atoms with Crippen LogP contribution in [-0.4, -0.2) is 71.2 Å². The third kappa shape index (κ3) is 7.50. The summed E-state index contributed by atoms with van der Waals surface area (Å²) in [5.74, 6) is 2.95. The summed E-state index contributed by atoms with van der Waals surface area (Å²) in [6.45, 7) is 15.2. The van der Waals surface area contributed by atoms with Gasteiger partial charge in [0.25, 0.3) is 0 Å². The highest BCUT2D eigenvalue weighted by Crippen LogP contribution is 2.61. The van der Waals surface area contributed by atoms with Crippen LogP contribution >= 0.6 is 0 Å². The molecule has 2 bridgehead atoms. The molecule has 6 rings (SSSR count). The van der Waals surface area contributed by atoms with Crippen molar-refractivity contribution in [3.05, 3.63) is 65.2 Å². The summed E-state index contributed by atoms with van der Waals surface area (Å²) in [6, 6.07) is 16.7. The molecule has 1 saturated heterocycles. The van der Waals surface area contributed by atoms with Crippen molar-refractivity contribution in [1.29, 1.82) is 0 Å². The van der Waals surface area contributed by atoms with E-state index in [-0.39, 0.29) is 18.0 Å². The quantitative estimate of drug-likeness (QED) is 0.290. The minimum atomic E-state index is -0.259. The Balaban J connectivity index is 1.27. The van der Waals surface area contributed by atoms with Crippen LogP contribution in [0.3, 0.4) is 0 Å². The van der Waals surface area contributed by atoms with Gasteiger partial charge < -0.3 is 15.3 Å². The maximum atomic E-state index is 13.5. The molecule has 3 aliphatic carbocycles. The van der Waals surface area contributed by atoms with Crippen molar-refractivity contribution < 1.29 is 14.7 Å². The summed E-state index contributed by atoms with van der Waals surface area (Å²) >= 11 is 0. The number of benzene rings is 2. The number of rotatable bonds is 13. The average Bonchev–Trinajstić information content (AvgIpc) is 3.42. The van der Waals surface area contributed by atoms with E-state index in [4.69, 9.17) is 4.84 Å². The Hall–Kier alpha value is -2.45. The second-order valence-electron chi connectivity index (χ2n) is 15.2. The zero-order valence-corrected chi connectivity index (χ0v) is 28.1. The average molecular weight is 605 g/mol. The molecule has 242 valence electrons. The molecule has 4 aliphatic rings. The molecular formula is C37H56N4O3. The Bertz CT molecular complexity index is 1250. The Morgan fingerprint density at radius 3 is 2.52 bits per heavy atom. The van der Waals surface area contributed by atoms with E-state index >= 15 is 0 Å². The lowest BCUT2D eigenvalue weighted by atomic mass is 9.45. The van der Waals surface area contributed by atoms with Crippen LogP contribution in [0.25, 0.3) is 0 Å². The van der Waals surface area contributed by atoms with Crippen molar-refractivity contribution in [3.63, 3.8) is 0 Å². The van der Waals surface area contributed by atoms with E-state index in [1.54, 1.807) is 6.07 Å². The molecule has 0 radical (unpaired) electrons. The Kier molecular flexibility index (Phi) is 10.4. The number of hydrogen-bond donors (Lipinski definition) is 2. The maximum absolute atomic E-state index is 13.5. The van der Waals surface area contributed by atoms with E-state index in [0.717, 1.165) is 49.4 Å². The van der Waals surface area contributed by atoms with Crippen molar-refractivity contribution in [2.45, 2.75) is 98.1 Å². The number of para-hydroxylation sites is 1. The minimum absolute atomic E-state index is 0.115. The molecule has 3 saturated carbocycles. The highest BCUT2D eigenvalue weighted by Gasteiger charge is 2.56. The summed E-state index contributed by atoms with van der Waals surface area (Å²) in [5, 5.41) is 16.0. The van der Waals surface area contributed by atoms with Gasteiger partial charge in [0.15, 0.2) is 0 Å². The lowest BCUT2D eigenvalue weighted by Crippen LogP contribution is -2.61. The van der Waals surface area contributed by atoms with E-state index in [1.807, 2.05) is 23.3 Å². The largest absolute Gasteiger partial charge is 0.508 e. The van der Waals surface area contributed by atoms with E-state index in [1.165, 1.54) is 12.0 Å². The molecule has 2 aromatic rings. The second kappa shape index (κ2) is 13.9. The minimum Gasteiger partial charge on any atom is -0.508 e. The fourth-order valence-corrected chi connectivity index (χ4v) is 8.28. The zero-order valence-electron chi connectivity index (χ0n) is 28.1. The summed E-state index contributed by atoms with van der Waals surface area (Å²) in [4.78, 5) is 24.3. The van der Waals surface area contributed by atoms with Gasteiger partial charge in [-0.2, -0.15) is 5.06 Å². The molecule has 7 nitrogen and oxygen atoms in total. The second-order valence-corrected chi connectivity index (χ2v) is 15.2. The van der Waals surface area contributed by atoms with Gasteiger partial charge in [-0.1, -0.05) is 77.1 Å². The Morgan fingerprint density at radius 1 is 1.09 bits per heavy atom. The number of nitrogens with one attached hydrogen (secondary N) is 1. The highest BCUT2D eigenvalue weighted by molar-refractivity contribution is 5.82. The lowest BCUT2D eigenvalue weighted by Gasteiger charge is -2.62. The summed E-state index contributed by atoms with van der Waals surface area (Å²) in [6.07, 6.45) is 4.20. The predicted molar refractivity (Wildman–Crippen MR) is 177 cm³/mol. The summed E-state index contributed by atoms with van der Waals surface area (Å²) < 4.78 is 0. The van der Waals surface area contributed by atoms with Gasteiger partial charge in [-0.25, -0.2) is 0 Å². The first-order chi connectivity index (χ1) is 20.9. The molecule has 1 heterocycles. The number of fused-ring (bicyclic) bond motifs is 2. The Morgan fingerprint density at radius 2 is 1.84 bits per heavy atom. The smallest absolute Gasteiger partial charge is 0.240 e. The number of likely N-dealkylation sites (N-methyl/N-ethyl adjacent to an activating group) is 1. The predicted octanol–water partition coefficient (Wildman–Crippen LogP) is 6.06. The van der Waals surface area contributed by atoms with E-state index in [2.05, 4.69) is 88.1 Å². The summed E-state index contributed by atoms with van der Waals surface area (Å²) in [7, 11) is 4.26. The number of carbonyl (C=O) groups is 1. The number of phenols is 1. The van der Waals surface area contributed by atoms with Gasteiger partial charge in [-0.3, -0.25) is 14.5 Å². The van der Waals surface area contributed by atoms with Crippen LogP contribution in [0, 0.1) is 29.1 Å². The Labute approximate surface area is 265 Å². The molecule has 4 fully saturated rings. The lowest BCUT2D eigenvalue weighted by molar-refractivity contribution is -0.161.